The molecule has 0 bridgehead atoms. The number of amidine groups is 1. The maximum atomic E-state index is 12.5. The molecule has 0 spiro atoms. The van der Waals surface area contributed by atoms with Crippen LogP contribution in [0.4, 0.5) is 0 Å². The van der Waals surface area contributed by atoms with Crippen LogP contribution < -0.4 is 10.6 Å². The first-order chi connectivity index (χ1) is 11.9. The van der Waals surface area contributed by atoms with Gasteiger partial charge in [0, 0.05) is 11.1 Å². The summed E-state index contributed by atoms with van der Waals surface area (Å²) in [6.07, 6.45) is 0. The van der Waals surface area contributed by atoms with Crippen molar-refractivity contribution < 1.29 is 9.59 Å². The number of hydrogen-bond donors (Lipinski definition) is 2. The standard InChI is InChI=1S/C18H15Cl2N3O2/c1-11-7-9-12(10-8-11)14-21-17(25)18(22-14,16(19)20)23-15(24)13-5-3-2-4-6-13/h2-10,16H,1H3,(H,23,24)(H,21,22,25)/t18-/m0/s1. The second-order valence-electron chi connectivity index (χ2n) is 5.67. The number of aliphatic imine (C=N–C) groups is 1. The Morgan fingerprint density at radius 3 is 2.36 bits per heavy atom. The lowest BCUT2D eigenvalue weighted by Crippen LogP contribution is -2.58. The fourth-order valence-corrected chi connectivity index (χ4v) is 2.83. The number of carbonyl (C=O) groups excluding carboxylic acids is 2. The Morgan fingerprint density at radius 2 is 1.76 bits per heavy atom. The van der Waals surface area contributed by atoms with Crippen LogP contribution in [0.2, 0.25) is 0 Å². The Labute approximate surface area is 155 Å². The second kappa shape index (κ2) is 6.86. The van der Waals surface area contributed by atoms with E-state index in [9.17, 15) is 9.59 Å². The highest BCUT2D eigenvalue weighted by Gasteiger charge is 2.50. The van der Waals surface area contributed by atoms with Crippen molar-refractivity contribution in [1.29, 1.82) is 0 Å². The van der Waals surface area contributed by atoms with Gasteiger partial charge >= 0.3 is 0 Å². The SMILES string of the molecule is Cc1ccc(C2=N[C@](NC(=O)c3ccccc3)(C(Cl)Cl)C(=O)N2)cc1. The minimum absolute atomic E-state index is 0.310. The molecule has 1 aliphatic rings. The van der Waals surface area contributed by atoms with Crippen molar-refractivity contribution in [3.8, 4) is 0 Å². The lowest BCUT2D eigenvalue weighted by atomic mass is 10.1. The summed E-state index contributed by atoms with van der Waals surface area (Å²) in [6.45, 7) is 1.96. The molecule has 5 nitrogen and oxygen atoms in total. The number of hydrogen-bond acceptors (Lipinski definition) is 3. The number of carbonyl (C=O) groups is 2. The molecule has 0 unspecified atom stereocenters. The van der Waals surface area contributed by atoms with E-state index >= 15 is 0 Å². The van der Waals surface area contributed by atoms with Gasteiger partial charge in [0.05, 0.1) is 0 Å². The molecule has 2 aromatic carbocycles. The smallest absolute Gasteiger partial charge is 0.277 e. The maximum Gasteiger partial charge on any atom is 0.277 e. The predicted octanol–water partition coefficient (Wildman–Crippen LogP) is 2.80. The molecule has 2 aromatic rings. The highest BCUT2D eigenvalue weighted by molar-refractivity contribution is 6.47. The van der Waals surface area contributed by atoms with Crippen LogP contribution in [0, 0.1) is 6.92 Å². The number of aryl methyl sites for hydroxylation is 1. The molecule has 0 saturated heterocycles. The van der Waals surface area contributed by atoms with E-state index in [-0.39, 0.29) is 0 Å². The third-order valence-corrected chi connectivity index (χ3v) is 4.48. The van der Waals surface area contributed by atoms with Crippen molar-refractivity contribution in [2.75, 3.05) is 0 Å². The van der Waals surface area contributed by atoms with E-state index in [4.69, 9.17) is 23.2 Å². The lowest BCUT2D eigenvalue weighted by Gasteiger charge is -2.25. The van der Waals surface area contributed by atoms with Gasteiger partial charge in [-0.15, -0.1) is 0 Å². The number of rotatable bonds is 4. The topological polar surface area (TPSA) is 70.6 Å². The van der Waals surface area contributed by atoms with Crippen LogP contribution in [-0.2, 0) is 4.79 Å². The zero-order chi connectivity index (χ0) is 18.0. The van der Waals surface area contributed by atoms with E-state index in [0.717, 1.165) is 5.56 Å². The van der Waals surface area contributed by atoms with Crippen LogP contribution in [0.25, 0.3) is 0 Å². The monoisotopic (exact) mass is 375 g/mol. The third-order valence-electron chi connectivity index (χ3n) is 3.85. The number of alkyl halides is 2. The van der Waals surface area contributed by atoms with E-state index in [1.165, 1.54) is 0 Å². The van der Waals surface area contributed by atoms with E-state index in [2.05, 4.69) is 15.6 Å². The highest BCUT2D eigenvalue weighted by Crippen LogP contribution is 2.28. The number of nitrogens with zero attached hydrogens (tertiary/aromatic N) is 1. The van der Waals surface area contributed by atoms with Gasteiger partial charge in [-0.3, -0.25) is 9.59 Å². The van der Waals surface area contributed by atoms with Crippen molar-refractivity contribution in [3.63, 3.8) is 0 Å². The highest BCUT2D eigenvalue weighted by atomic mass is 35.5. The molecule has 1 aliphatic heterocycles. The zero-order valence-electron chi connectivity index (χ0n) is 13.3. The molecule has 0 fully saturated rings. The second-order valence-corrected chi connectivity index (χ2v) is 6.76. The molecule has 25 heavy (non-hydrogen) atoms. The van der Waals surface area contributed by atoms with Crippen molar-refractivity contribution in [2.45, 2.75) is 17.4 Å². The Hall–Kier alpha value is -2.37. The Kier molecular flexibility index (Phi) is 4.79. The number of halogens is 2. The summed E-state index contributed by atoms with van der Waals surface area (Å²) in [5.41, 5.74) is 0.368. The summed E-state index contributed by atoms with van der Waals surface area (Å²) in [5, 5.41) is 5.21. The van der Waals surface area contributed by atoms with Gasteiger partial charge in [0.25, 0.3) is 11.8 Å². The minimum Gasteiger partial charge on any atom is -0.318 e. The van der Waals surface area contributed by atoms with Crippen molar-refractivity contribution in [2.24, 2.45) is 4.99 Å². The van der Waals surface area contributed by atoms with E-state index in [1.807, 2.05) is 31.2 Å². The molecule has 0 aliphatic carbocycles. The van der Waals surface area contributed by atoms with Gasteiger partial charge in [0.15, 0.2) is 4.84 Å². The van der Waals surface area contributed by atoms with Crippen LogP contribution in [0.5, 0.6) is 0 Å². The molecule has 0 aromatic heterocycles. The minimum atomic E-state index is -1.78. The molecule has 0 saturated carbocycles. The molecular weight excluding hydrogens is 361 g/mol. The first-order valence-corrected chi connectivity index (χ1v) is 8.44. The van der Waals surface area contributed by atoms with Gasteiger partial charge in [-0.1, -0.05) is 71.2 Å². The summed E-state index contributed by atoms with van der Waals surface area (Å²) in [6, 6.07) is 15.9. The Morgan fingerprint density at radius 1 is 1.12 bits per heavy atom. The van der Waals surface area contributed by atoms with E-state index in [0.29, 0.717) is 17.0 Å². The molecule has 1 heterocycles. The van der Waals surface area contributed by atoms with Gasteiger partial charge in [0.1, 0.15) is 5.84 Å². The van der Waals surface area contributed by atoms with Gasteiger partial charge in [-0.2, -0.15) is 0 Å². The largest absolute Gasteiger partial charge is 0.318 e. The number of amides is 2. The summed E-state index contributed by atoms with van der Waals surface area (Å²) < 4.78 is 0. The molecule has 2 amide bonds. The summed E-state index contributed by atoms with van der Waals surface area (Å²) in [5.74, 6) is -0.761. The van der Waals surface area contributed by atoms with Gasteiger partial charge in [-0.25, -0.2) is 4.99 Å². The molecular formula is C18H15Cl2N3O2. The fourth-order valence-electron chi connectivity index (χ4n) is 2.43. The first kappa shape index (κ1) is 17.5. The fraction of sp³-hybridized carbons (Fsp3) is 0.167. The van der Waals surface area contributed by atoms with Gasteiger partial charge < -0.3 is 10.6 Å². The molecule has 2 N–H and O–H groups in total. The van der Waals surface area contributed by atoms with Crippen LogP contribution >= 0.6 is 23.2 Å². The Balaban J connectivity index is 1.95. The maximum absolute atomic E-state index is 12.5. The normalized spacial score (nSPS) is 19.5. The molecule has 3 rings (SSSR count). The predicted molar refractivity (Wildman–Crippen MR) is 98.0 cm³/mol. The van der Waals surface area contributed by atoms with Crippen LogP contribution in [0.3, 0.4) is 0 Å². The molecule has 0 radical (unpaired) electrons. The number of nitrogens with one attached hydrogen (secondary N) is 2. The van der Waals surface area contributed by atoms with Crippen molar-refractivity contribution in [3.05, 3.63) is 71.3 Å². The average molecular weight is 376 g/mol. The van der Waals surface area contributed by atoms with E-state index in [1.54, 1.807) is 30.3 Å². The van der Waals surface area contributed by atoms with E-state index < -0.39 is 22.3 Å². The summed E-state index contributed by atoms with van der Waals surface area (Å²) in [7, 11) is 0. The number of benzene rings is 2. The molecule has 7 heteroatoms. The van der Waals surface area contributed by atoms with Crippen LogP contribution in [0.1, 0.15) is 21.5 Å². The van der Waals surface area contributed by atoms with Gasteiger partial charge in [0.2, 0.25) is 5.66 Å². The summed E-state index contributed by atoms with van der Waals surface area (Å²) in [4.78, 5) is 28.1. The van der Waals surface area contributed by atoms with Gasteiger partial charge in [-0.05, 0) is 19.1 Å². The lowest BCUT2D eigenvalue weighted by molar-refractivity contribution is -0.124. The first-order valence-electron chi connectivity index (χ1n) is 7.56. The van der Waals surface area contributed by atoms with Crippen LogP contribution in [-0.4, -0.2) is 28.1 Å². The average Bonchev–Trinajstić information content (AvgIpc) is 2.94. The third kappa shape index (κ3) is 3.38. The van der Waals surface area contributed by atoms with Crippen molar-refractivity contribution >= 4 is 40.9 Å². The molecule has 1 atom stereocenters. The quantitative estimate of drug-likeness (QED) is 0.806. The van der Waals surface area contributed by atoms with Crippen molar-refractivity contribution in [1.82, 2.24) is 10.6 Å². The van der Waals surface area contributed by atoms with Crippen LogP contribution in [0.15, 0.2) is 59.6 Å². The molecule has 128 valence electrons. The zero-order valence-corrected chi connectivity index (χ0v) is 14.8. The Bertz CT molecular complexity index is 835. The summed E-state index contributed by atoms with van der Waals surface area (Å²) >= 11 is 12.1.